The van der Waals surface area contributed by atoms with Crippen molar-refractivity contribution in [1.82, 2.24) is 4.90 Å². The fraction of sp³-hybridized carbons (Fsp3) is 0.412. The highest BCUT2D eigenvalue weighted by atomic mass is 16.4. The van der Waals surface area contributed by atoms with Crippen molar-refractivity contribution in [2.24, 2.45) is 5.92 Å². The molecule has 4 N–H and O–H groups in total. The predicted molar refractivity (Wildman–Crippen MR) is 160 cm³/mol. The fourth-order valence-corrected chi connectivity index (χ4v) is 5.52. The highest BCUT2D eigenvalue weighted by molar-refractivity contribution is 5.80. The number of carboxylic acids is 2. The van der Waals surface area contributed by atoms with Crippen molar-refractivity contribution >= 4 is 11.9 Å². The van der Waals surface area contributed by atoms with E-state index < -0.39 is 29.1 Å². The van der Waals surface area contributed by atoms with Gasteiger partial charge in [0, 0.05) is 6.92 Å². The third kappa shape index (κ3) is 8.26. The molecule has 1 aliphatic heterocycles. The Morgan fingerprint density at radius 1 is 0.829 bits per heavy atom. The van der Waals surface area contributed by atoms with Crippen LogP contribution in [-0.2, 0) is 20.6 Å². The van der Waals surface area contributed by atoms with Gasteiger partial charge in [-0.25, -0.2) is 0 Å². The molecule has 1 heterocycles. The number of aliphatic carboxylic acids is 2. The smallest absolute Gasteiger partial charge is 0.313 e. The third-order valence-corrected chi connectivity index (χ3v) is 8.11. The van der Waals surface area contributed by atoms with Crippen LogP contribution in [0.1, 0.15) is 74.8 Å². The summed E-state index contributed by atoms with van der Waals surface area (Å²) in [5.74, 6) is -1.57. The third-order valence-electron chi connectivity index (χ3n) is 8.11. The molecule has 1 atom stereocenters. The lowest BCUT2D eigenvalue weighted by Crippen LogP contribution is -2.44. The number of nitrogens with zero attached hydrogens (tertiary/aromatic N) is 1. The molecule has 0 saturated carbocycles. The van der Waals surface area contributed by atoms with Crippen molar-refractivity contribution in [3.63, 3.8) is 0 Å². The molecule has 41 heavy (non-hydrogen) atoms. The monoisotopic (exact) mass is 561 g/mol. The van der Waals surface area contributed by atoms with Crippen LogP contribution in [0, 0.1) is 5.92 Å². The molecule has 0 spiro atoms. The maximum Gasteiger partial charge on any atom is 0.313 e. The number of aliphatic hydroxyl groups is 2. The molecule has 0 radical (unpaired) electrons. The highest BCUT2D eigenvalue weighted by Gasteiger charge is 2.41. The molecule has 0 bridgehead atoms. The van der Waals surface area contributed by atoms with Crippen LogP contribution in [0.5, 0.6) is 0 Å². The van der Waals surface area contributed by atoms with E-state index in [0.29, 0.717) is 6.42 Å². The Labute approximate surface area is 243 Å². The van der Waals surface area contributed by atoms with Crippen LogP contribution in [0.4, 0.5) is 0 Å². The first kappa shape index (κ1) is 32.0. The van der Waals surface area contributed by atoms with Gasteiger partial charge in [0.15, 0.2) is 0 Å². The summed E-state index contributed by atoms with van der Waals surface area (Å²) in [7, 11) is 0. The highest BCUT2D eigenvalue weighted by Crippen LogP contribution is 2.42. The number of carbonyl (C=O) groups is 2. The van der Waals surface area contributed by atoms with Gasteiger partial charge in [-0.3, -0.25) is 9.59 Å². The van der Waals surface area contributed by atoms with Gasteiger partial charge < -0.3 is 25.3 Å². The average Bonchev–Trinajstić information content (AvgIpc) is 2.97. The van der Waals surface area contributed by atoms with Crippen molar-refractivity contribution in [3.8, 4) is 0 Å². The molecule has 3 aromatic rings. The number of rotatable bonds is 10. The van der Waals surface area contributed by atoms with Crippen molar-refractivity contribution < 1.29 is 30.0 Å². The molecule has 1 aliphatic rings. The summed E-state index contributed by atoms with van der Waals surface area (Å²) < 4.78 is 0. The van der Waals surface area contributed by atoms with E-state index in [2.05, 4.69) is 4.90 Å². The second-order valence-corrected chi connectivity index (χ2v) is 11.3. The Morgan fingerprint density at radius 2 is 1.29 bits per heavy atom. The Morgan fingerprint density at radius 3 is 1.73 bits per heavy atom. The zero-order valence-electron chi connectivity index (χ0n) is 24.2. The summed E-state index contributed by atoms with van der Waals surface area (Å²) in [4.78, 5) is 22.9. The van der Waals surface area contributed by atoms with Gasteiger partial charge in [0.1, 0.15) is 5.60 Å². The van der Waals surface area contributed by atoms with E-state index in [0.717, 1.165) is 68.1 Å². The number of hydrogen-bond acceptors (Lipinski definition) is 5. The van der Waals surface area contributed by atoms with E-state index >= 15 is 0 Å². The molecule has 7 heteroatoms. The van der Waals surface area contributed by atoms with Crippen molar-refractivity contribution in [1.29, 1.82) is 0 Å². The van der Waals surface area contributed by atoms with Crippen LogP contribution in [0.25, 0.3) is 0 Å². The standard InChI is InChI=1S/C32H39NO4.C2H4O2/c1-31(2,30(35)36)25-17-15-24(16-18-25)29(34)14-9-21-33-22-19-28(20-23-33)32(37,26-10-5-3-6-11-26)27-12-7-4-8-13-27;1-2(3)4/h3-8,10-13,15-18,28-29,34,37H,9,14,19-23H2,1-2H3,(H,35,36);1H3,(H,3,4). The Balaban J connectivity index is 0.00000108. The van der Waals surface area contributed by atoms with E-state index in [4.69, 9.17) is 9.90 Å². The van der Waals surface area contributed by atoms with Gasteiger partial charge in [0.2, 0.25) is 0 Å². The van der Waals surface area contributed by atoms with Crippen LogP contribution in [-0.4, -0.2) is 56.9 Å². The largest absolute Gasteiger partial charge is 0.481 e. The van der Waals surface area contributed by atoms with E-state index in [1.165, 1.54) is 0 Å². The van der Waals surface area contributed by atoms with Crippen molar-refractivity contribution in [2.75, 3.05) is 19.6 Å². The molecule has 0 aromatic heterocycles. The van der Waals surface area contributed by atoms with Crippen LogP contribution >= 0.6 is 0 Å². The molecule has 7 nitrogen and oxygen atoms in total. The van der Waals surface area contributed by atoms with Gasteiger partial charge in [0.05, 0.1) is 11.5 Å². The second-order valence-electron chi connectivity index (χ2n) is 11.3. The number of aliphatic hydroxyl groups excluding tert-OH is 1. The van der Waals surface area contributed by atoms with Gasteiger partial charge in [-0.2, -0.15) is 0 Å². The summed E-state index contributed by atoms with van der Waals surface area (Å²) in [6.45, 7) is 7.20. The number of piperidine rings is 1. The van der Waals surface area contributed by atoms with Gasteiger partial charge in [-0.1, -0.05) is 84.9 Å². The Kier molecular flexibility index (Phi) is 11.2. The summed E-state index contributed by atoms with van der Waals surface area (Å²) in [6, 6.07) is 27.3. The predicted octanol–water partition coefficient (Wildman–Crippen LogP) is 5.60. The molecule has 1 saturated heterocycles. The number of benzene rings is 3. The average molecular weight is 562 g/mol. The maximum atomic E-state index is 12.1. The molecule has 1 fully saturated rings. The lowest BCUT2D eigenvalue weighted by Gasteiger charge is -2.42. The minimum absolute atomic E-state index is 0.132. The maximum absolute atomic E-state index is 12.1. The Bertz CT molecular complexity index is 1190. The molecular weight excluding hydrogens is 518 g/mol. The van der Waals surface area contributed by atoms with E-state index in [1.807, 2.05) is 72.8 Å². The van der Waals surface area contributed by atoms with Crippen LogP contribution in [0.3, 0.4) is 0 Å². The fourth-order valence-electron chi connectivity index (χ4n) is 5.52. The van der Waals surface area contributed by atoms with Crippen LogP contribution < -0.4 is 0 Å². The first-order valence-electron chi connectivity index (χ1n) is 14.2. The number of carboxylic acid groups (broad SMARTS) is 2. The summed E-state index contributed by atoms with van der Waals surface area (Å²) in [6.07, 6.45) is 2.77. The molecular formula is C34H43NO6. The van der Waals surface area contributed by atoms with Gasteiger partial charge in [0.25, 0.3) is 5.97 Å². The zero-order chi connectivity index (χ0) is 30.0. The van der Waals surface area contributed by atoms with Gasteiger partial charge >= 0.3 is 5.97 Å². The van der Waals surface area contributed by atoms with E-state index in [1.54, 1.807) is 26.0 Å². The molecule has 0 aliphatic carbocycles. The van der Waals surface area contributed by atoms with E-state index in [-0.39, 0.29) is 5.92 Å². The van der Waals surface area contributed by atoms with Crippen molar-refractivity contribution in [2.45, 2.75) is 63.6 Å². The molecule has 4 rings (SSSR count). The first-order valence-corrected chi connectivity index (χ1v) is 14.2. The summed E-state index contributed by atoms with van der Waals surface area (Å²) in [5.41, 5.74) is 1.47. The summed E-state index contributed by atoms with van der Waals surface area (Å²) >= 11 is 0. The lowest BCUT2D eigenvalue weighted by atomic mass is 9.72. The van der Waals surface area contributed by atoms with Crippen molar-refractivity contribution in [3.05, 3.63) is 107 Å². The lowest BCUT2D eigenvalue weighted by molar-refractivity contribution is -0.142. The minimum atomic E-state index is -1.01. The molecule has 0 amide bonds. The normalized spacial score (nSPS) is 15.4. The van der Waals surface area contributed by atoms with Gasteiger partial charge in [-0.15, -0.1) is 0 Å². The van der Waals surface area contributed by atoms with Gasteiger partial charge in [-0.05, 0) is 87.3 Å². The summed E-state index contributed by atoms with van der Waals surface area (Å²) in [5, 5.41) is 39.6. The molecule has 1 unspecified atom stereocenters. The Hall–Kier alpha value is -3.52. The SMILES string of the molecule is CC(=O)O.CC(C)(C(=O)O)c1ccc(C(O)CCCN2CCC(C(O)(c3ccccc3)c3ccccc3)CC2)cc1. The zero-order valence-corrected chi connectivity index (χ0v) is 24.2. The quantitative estimate of drug-likeness (QED) is 0.254. The minimum Gasteiger partial charge on any atom is -0.481 e. The molecule has 3 aromatic carbocycles. The van der Waals surface area contributed by atoms with Crippen LogP contribution in [0.15, 0.2) is 84.9 Å². The molecule has 220 valence electrons. The second kappa shape index (κ2) is 14.4. The van der Waals surface area contributed by atoms with E-state index in [9.17, 15) is 20.1 Å². The number of hydrogen-bond donors (Lipinski definition) is 4. The first-order chi connectivity index (χ1) is 19.5. The number of likely N-dealkylation sites (tertiary alicyclic amines) is 1. The van der Waals surface area contributed by atoms with Crippen LogP contribution in [0.2, 0.25) is 0 Å². The topological polar surface area (TPSA) is 118 Å².